The van der Waals surface area contributed by atoms with Crippen molar-refractivity contribution in [1.82, 2.24) is 10.3 Å². The average molecular weight is 228 g/mol. The highest BCUT2D eigenvalue weighted by Crippen LogP contribution is 2.29. The summed E-state index contributed by atoms with van der Waals surface area (Å²) in [6.45, 7) is 5.66. The summed E-state index contributed by atoms with van der Waals surface area (Å²) >= 11 is 0. The third kappa shape index (κ3) is 4.81. The summed E-state index contributed by atoms with van der Waals surface area (Å²) in [4.78, 5) is 6.67. The van der Waals surface area contributed by atoms with Crippen molar-refractivity contribution in [2.75, 3.05) is 33.4 Å². The fraction of sp³-hybridized carbons (Fsp3) is 0.909. The number of hydrazine groups is 1. The van der Waals surface area contributed by atoms with Crippen LogP contribution < -0.4 is 11.3 Å². The Bertz CT molecular complexity index is 216. The second kappa shape index (κ2) is 7.46. The van der Waals surface area contributed by atoms with Crippen LogP contribution in [0.4, 0.5) is 0 Å². The van der Waals surface area contributed by atoms with Crippen LogP contribution in [0.2, 0.25) is 0 Å². The van der Waals surface area contributed by atoms with Crippen molar-refractivity contribution in [1.29, 1.82) is 0 Å². The SMILES string of the molecule is CCN(CC1CC1)C(=NCCCOC)NN. The lowest BCUT2D eigenvalue weighted by Crippen LogP contribution is -2.45. The van der Waals surface area contributed by atoms with Gasteiger partial charge in [0.25, 0.3) is 0 Å². The van der Waals surface area contributed by atoms with E-state index in [1.54, 1.807) is 7.11 Å². The summed E-state index contributed by atoms with van der Waals surface area (Å²) in [5.74, 6) is 7.16. The minimum atomic E-state index is 0.746. The number of ether oxygens (including phenoxy) is 1. The first-order chi connectivity index (χ1) is 7.81. The van der Waals surface area contributed by atoms with E-state index in [1.807, 2.05) is 0 Å². The second-order valence-corrected chi connectivity index (χ2v) is 4.18. The molecule has 0 aromatic carbocycles. The molecule has 0 heterocycles. The molecule has 1 rings (SSSR count). The van der Waals surface area contributed by atoms with E-state index in [-0.39, 0.29) is 0 Å². The van der Waals surface area contributed by atoms with Gasteiger partial charge in [-0.25, -0.2) is 5.84 Å². The van der Waals surface area contributed by atoms with Gasteiger partial charge >= 0.3 is 0 Å². The van der Waals surface area contributed by atoms with E-state index in [2.05, 4.69) is 22.2 Å². The van der Waals surface area contributed by atoms with Crippen molar-refractivity contribution in [3.8, 4) is 0 Å². The molecule has 3 N–H and O–H groups in total. The molecule has 0 bridgehead atoms. The molecule has 0 spiro atoms. The molecule has 0 radical (unpaired) electrons. The molecule has 0 unspecified atom stereocenters. The van der Waals surface area contributed by atoms with Crippen LogP contribution in [0.3, 0.4) is 0 Å². The highest BCUT2D eigenvalue weighted by Gasteiger charge is 2.24. The summed E-state index contributed by atoms with van der Waals surface area (Å²) in [5, 5.41) is 0. The number of nitrogens with one attached hydrogen (secondary N) is 1. The summed E-state index contributed by atoms with van der Waals surface area (Å²) in [5.41, 5.74) is 2.70. The van der Waals surface area contributed by atoms with Crippen LogP contribution in [0.15, 0.2) is 4.99 Å². The number of rotatable bonds is 7. The molecule has 0 aliphatic heterocycles. The van der Waals surface area contributed by atoms with Crippen LogP contribution in [-0.2, 0) is 4.74 Å². The van der Waals surface area contributed by atoms with E-state index >= 15 is 0 Å². The zero-order valence-electron chi connectivity index (χ0n) is 10.4. The van der Waals surface area contributed by atoms with Gasteiger partial charge in [-0.1, -0.05) is 0 Å². The van der Waals surface area contributed by atoms with Gasteiger partial charge in [0.15, 0.2) is 0 Å². The van der Waals surface area contributed by atoms with Crippen LogP contribution >= 0.6 is 0 Å². The van der Waals surface area contributed by atoms with Gasteiger partial charge < -0.3 is 9.64 Å². The molecule has 0 aromatic rings. The van der Waals surface area contributed by atoms with Gasteiger partial charge in [-0.3, -0.25) is 10.4 Å². The monoisotopic (exact) mass is 228 g/mol. The fourth-order valence-electron chi connectivity index (χ4n) is 1.61. The summed E-state index contributed by atoms with van der Waals surface area (Å²) in [6, 6.07) is 0. The molecule has 1 saturated carbocycles. The molecule has 94 valence electrons. The molecule has 0 atom stereocenters. The third-order valence-corrected chi connectivity index (χ3v) is 2.75. The van der Waals surface area contributed by atoms with Gasteiger partial charge in [0.05, 0.1) is 0 Å². The van der Waals surface area contributed by atoms with Crippen LogP contribution in [0.1, 0.15) is 26.2 Å². The van der Waals surface area contributed by atoms with E-state index in [9.17, 15) is 0 Å². The quantitative estimate of drug-likeness (QED) is 0.220. The van der Waals surface area contributed by atoms with Crippen LogP contribution in [0.25, 0.3) is 0 Å². The predicted octanol–water partition coefficient (Wildman–Crippen LogP) is 0.574. The summed E-state index contributed by atoms with van der Waals surface area (Å²) in [7, 11) is 1.71. The fourth-order valence-corrected chi connectivity index (χ4v) is 1.61. The molecule has 16 heavy (non-hydrogen) atoms. The maximum Gasteiger partial charge on any atom is 0.208 e. The largest absolute Gasteiger partial charge is 0.385 e. The zero-order valence-corrected chi connectivity index (χ0v) is 10.4. The van der Waals surface area contributed by atoms with Crippen molar-refractivity contribution in [3.63, 3.8) is 0 Å². The summed E-state index contributed by atoms with van der Waals surface area (Å²) in [6.07, 6.45) is 3.62. The lowest BCUT2D eigenvalue weighted by molar-refractivity contribution is 0.197. The van der Waals surface area contributed by atoms with Gasteiger partial charge in [-0.15, -0.1) is 0 Å². The highest BCUT2D eigenvalue weighted by atomic mass is 16.5. The first-order valence-electron chi connectivity index (χ1n) is 6.06. The molecule has 0 saturated heterocycles. The van der Waals surface area contributed by atoms with E-state index in [0.717, 1.165) is 44.5 Å². The van der Waals surface area contributed by atoms with Crippen molar-refractivity contribution in [2.45, 2.75) is 26.2 Å². The Kier molecular flexibility index (Phi) is 6.18. The van der Waals surface area contributed by atoms with Crippen LogP contribution in [0, 0.1) is 5.92 Å². The molecule has 1 aliphatic rings. The molecular formula is C11H24N4O. The molecule has 5 heteroatoms. The number of hydrogen-bond donors (Lipinski definition) is 2. The Hall–Kier alpha value is -0.810. The number of aliphatic imine (C=N–C) groups is 1. The maximum atomic E-state index is 5.51. The maximum absolute atomic E-state index is 5.51. The van der Waals surface area contributed by atoms with Crippen molar-refractivity contribution in [3.05, 3.63) is 0 Å². The molecule has 0 amide bonds. The first kappa shape index (κ1) is 13.3. The van der Waals surface area contributed by atoms with Crippen molar-refractivity contribution >= 4 is 5.96 Å². The predicted molar refractivity (Wildman–Crippen MR) is 66.1 cm³/mol. The van der Waals surface area contributed by atoms with Gasteiger partial charge in [0.1, 0.15) is 0 Å². The average Bonchev–Trinajstić information content (AvgIpc) is 3.11. The number of guanidine groups is 1. The molecule has 5 nitrogen and oxygen atoms in total. The first-order valence-corrected chi connectivity index (χ1v) is 6.06. The topological polar surface area (TPSA) is 62.9 Å². The molecular weight excluding hydrogens is 204 g/mol. The number of methoxy groups -OCH3 is 1. The molecule has 0 aromatic heterocycles. The van der Waals surface area contributed by atoms with Crippen molar-refractivity contribution < 1.29 is 4.74 Å². The second-order valence-electron chi connectivity index (χ2n) is 4.18. The summed E-state index contributed by atoms with van der Waals surface area (Å²) < 4.78 is 4.98. The number of hydrogen-bond acceptors (Lipinski definition) is 3. The Balaban J connectivity index is 2.34. The van der Waals surface area contributed by atoms with E-state index in [1.165, 1.54) is 12.8 Å². The zero-order chi connectivity index (χ0) is 11.8. The standard InChI is InChI=1S/C11H24N4O/c1-3-15(9-10-5-6-10)11(14-12)13-7-4-8-16-2/h10H,3-9,12H2,1-2H3,(H,13,14). The van der Waals surface area contributed by atoms with Gasteiger partial charge in [0.2, 0.25) is 5.96 Å². The minimum Gasteiger partial charge on any atom is -0.385 e. The van der Waals surface area contributed by atoms with Gasteiger partial charge in [0, 0.05) is 33.4 Å². The smallest absolute Gasteiger partial charge is 0.208 e. The molecule has 1 aliphatic carbocycles. The number of nitrogens with two attached hydrogens (primary N) is 1. The Morgan fingerprint density at radius 2 is 2.31 bits per heavy atom. The number of nitrogens with zero attached hydrogens (tertiary/aromatic N) is 2. The van der Waals surface area contributed by atoms with E-state index < -0.39 is 0 Å². The lowest BCUT2D eigenvalue weighted by Gasteiger charge is -2.23. The van der Waals surface area contributed by atoms with E-state index in [4.69, 9.17) is 10.6 Å². The third-order valence-electron chi connectivity index (χ3n) is 2.75. The Morgan fingerprint density at radius 3 is 2.81 bits per heavy atom. The van der Waals surface area contributed by atoms with Gasteiger partial charge in [-0.2, -0.15) is 0 Å². The van der Waals surface area contributed by atoms with Gasteiger partial charge in [-0.05, 0) is 32.1 Å². The molecule has 1 fully saturated rings. The van der Waals surface area contributed by atoms with E-state index in [0.29, 0.717) is 0 Å². The highest BCUT2D eigenvalue weighted by molar-refractivity contribution is 5.79. The Labute approximate surface area is 98.0 Å². The normalized spacial score (nSPS) is 16.3. The van der Waals surface area contributed by atoms with Crippen LogP contribution in [0.5, 0.6) is 0 Å². The minimum absolute atomic E-state index is 0.746. The Morgan fingerprint density at radius 1 is 1.56 bits per heavy atom. The van der Waals surface area contributed by atoms with Crippen molar-refractivity contribution in [2.24, 2.45) is 16.8 Å². The lowest BCUT2D eigenvalue weighted by atomic mass is 10.4. The van der Waals surface area contributed by atoms with Crippen LogP contribution in [-0.4, -0.2) is 44.2 Å².